The summed E-state index contributed by atoms with van der Waals surface area (Å²) in [6, 6.07) is 5.18. The molecule has 1 aliphatic rings. The van der Waals surface area contributed by atoms with E-state index in [1.807, 2.05) is 22.2 Å². The van der Waals surface area contributed by atoms with Crippen LogP contribution >= 0.6 is 11.3 Å². The topological polar surface area (TPSA) is 50.1 Å². The number of thiophene rings is 1. The summed E-state index contributed by atoms with van der Waals surface area (Å²) in [6.45, 7) is 3.01. The standard InChI is InChI=1S/C16H23N3OS/c1-12(10-13-4-3-9-21-13)18-15-5-2-6-16-14(15)11-17-19(16)7-8-20/h3-4,9,11-12,15,18,20H,2,5-8,10H2,1H3. The van der Waals surface area contributed by atoms with E-state index in [4.69, 9.17) is 5.11 Å². The molecule has 0 fully saturated rings. The van der Waals surface area contributed by atoms with Gasteiger partial charge in [-0.2, -0.15) is 5.10 Å². The third-order valence-electron chi connectivity index (χ3n) is 4.15. The van der Waals surface area contributed by atoms with E-state index in [-0.39, 0.29) is 6.61 Å². The molecule has 4 nitrogen and oxygen atoms in total. The second-order valence-corrected chi connectivity index (χ2v) is 6.82. The molecule has 0 amide bonds. The van der Waals surface area contributed by atoms with Gasteiger partial charge in [-0.3, -0.25) is 4.68 Å². The first-order valence-electron chi connectivity index (χ1n) is 7.72. The van der Waals surface area contributed by atoms with Crippen LogP contribution in [0, 0.1) is 0 Å². The molecule has 21 heavy (non-hydrogen) atoms. The summed E-state index contributed by atoms with van der Waals surface area (Å²) < 4.78 is 1.97. The second-order valence-electron chi connectivity index (χ2n) is 5.79. The first kappa shape index (κ1) is 14.8. The smallest absolute Gasteiger partial charge is 0.0644 e. The van der Waals surface area contributed by atoms with Gasteiger partial charge in [-0.15, -0.1) is 11.3 Å². The summed E-state index contributed by atoms with van der Waals surface area (Å²) in [5, 5.41) is 19.5. The maximum Gasteiger partial charge on any atom is 0.0644 e. The van der Waals surface area contributed by atoms with E-state index in [1.54, 1.807) is 0 Å². The van der Waals surface area contributed by atoms with Crippen molar-refractivity contribution in [3.05, 3.63) is 39.8 Å². The Morgan fingerprint density at radius 1 is 1.57 bits per heavy atom. The zero-order chi connectivity index (χ0) is 14.7. The lowest BCUT2D eigenvalue weighted by atomic mass is 9.92. The van der Waals surface area contributed by atoms with Gasteiger partial charge in [0.25, 0.3) is 0 Å². The van der Waals surface area contributed by atoms with Crippen molar-refractivity contribution < 1.29 is 5.11 Å². The Hall–Kier alpha value is -1.17. The molecule has 1 aliphatic carbocycles. The van der Waals surface area contributed by atoms with Crippen LogP contribution in [0.25, 0.3) is 0 Å². The minimum absolute atomic E-state index is 0.154. The third kappa shape index (κ3) is 3.36. The van der Waals surface area contributed by atoms with Crippen LogP contribution in [-0.4, -0.2) is 27.5 Å². The van der Waals surface area contributed by atoms with Crippen molar-refractivity contribution in [1.82, 2.24) is 15.1 Å². The number of fused-ring (bicyclic) bond motifs is 1. The number of aliphatic hydroxyl groups excluding tert-OH is 1. The third-order valence-corrected chi connectivity index (χ3v) is 5.05. The highest BCUT2D eigenvalue weighted by Crippen LogP contribution is 2.30. The minimum Gasteiger partial charge on any atom is -0.394 e. The molecule has 0 aliphatic heterocycles. The molecule has 2 atom stereocenters. The lowest BCUT2D eigenvalue weighted by molar-refractivity contribution is 0.266. The summed E-state index contributed by atoms with van der Waals surface area (Å²) >= 11 is 1.83. The summed E-state index contributed by atoms with van der Waals surface area (Å²) in [4.78, 5) is 1.43. The molecule has 2 aromatic heterocycles. The van der Waals surface area contributed by atoms with Crippen molar-refractivity contribution in [2.24, 2.45) is 0 Å². The Kier molecular flexibility index (Phi) is 4.73. The second kappa shape index (κ2) is 6.73. The van der Waals surface area contributed by atoms with E-state index >= 15 is 0 Å². The largest absolute Gasteiger partial charge is 0.394 e. The van der Waals surface area contributed by atoms with E-state index in [0.717, 1.165) is 12.8 Å². The fraction of sp³-hybridized carbons (Fsp3) is 0.562. The summed E-state index contributed by atoms with van der Waals surface area (Å²) in [5.41, 5.74) is 2.63. The molecule has 0 radical (unpaired) electrons. The van der Waals surface area contributed by atoms with Gasteiger partial charge in [-0.05, 0) is 44.1 Å². The van der Waals surface area contributed by atoms with Gasteiger partial charge in [0.15, 0.2) is 0 Å². The number of hydrogen-bond donors (Lipinski definition) is 2. The lowest BCUT2D eigenvalue weighted by Gasteiger charge is -2.27. The van der Waals surface area contributed by atoms with Crippen molar-refractivity contribution in [3.8, 4) is 0 Å². The van der Waals surface area contributed by atoms with Crippen molar-refractivity contribution in [2.75, 3.05) is 6.61 Å². The van der Waals surface area contributed by atoms with Crippen molar-refractivity contribution in [1.29, 1.82) is 0 Å². The Labute approximate surface area is 129 Å². The predicted octanol–water partition coefficient (Wildman–Crippen LogP) is 2.54. The molecule has 2 aromatic rings. The van der Waals surface area contributed by atoms with E-state index in [0.29, 0.717) is 18.6 Å². The molecule has 2 heterocycles. The number of hydrogen-bond acceptors (Lipinski definition) is 4. The number of nitrogens with one attached hydrogen (secondary N) is 1. The molecule has 0 spiro atoms. The van der Waals surface area contributed by atoms with Gasteiger partial charge in [0.05, 0.1) is 19.3 Å². The van der Waals surface area contributed by atoms with E-state index < -0.39 is 0 Å². The van der Waals surface area contributed by atoms with Crippen LogP contribution in [0.5, 0.6) is 0 Å². The van der Waals surface area contributed by atoms with Crippen molar-refractivity contribution in [2.45, 2.75) is 51.2 Å². The highest BCUT2D eigenvalue weighted by Gasteiger charge is 2.25. The highest BCUT2D eigenvalue weighted by molar-refractivity contribution is 7.09. The number of nitrogens with zero attached hydrogens (tertiary/aromatic N) is 2. The summed E-state index contributed by atoms with van der Waals surface area (Å²) in [5.74, 6) is 0. The van der Waals surface area contributed by atoms with Crippen LogP contribution in [0.4, 0.5) is 0 Å². The fourth-order valence-electron chi connectivity index (χ4n) is 3.21. The first-order chi connectivity index (χ1) is 10.3. The molecule has 0 bridgehead atoms. The molecular weight excluding hydrogens is 282 g/mol. The molecule has 0 saturated heterocycles. The molecule has 3 rings (SSSR count). The average molecular weight is 305 g/mol. The van der Waals surface area contributed by atoms with Gasteiger partial charge >= 0.3 is 0 Å². The highest BCUT2D eigenvalue weighted by atomic mass is 32.1. The predicted molar refractivity (Wildman–Crippen MR) is 85.6 cm³/mol. The lowest BCUT2D eigenvalue weighted by Crippen LogP contribution is -2.34. The maximum absolute atomic E-state index is 9.12. The molecule has 114 valence electrons. The van der Waals surface area contributed by atoms with Crippen LogP contribution in [0.1, 0.15) is 41.9 Å². The van der Waals surface area contributed by atoms with E-state index in [2.05, 4.69) is 34.9 Å². The van der Waals surface area contributed by atoms with Crippen LogP contribution in [0.2, 0.25) is 0 Å². The zero-order valence-electron chi connectivity index (χ0n) is 12.5. The average Bonchev–Trinajstić information content (AvgIpc) is 3.10. The van der Waals surface area contributed by atoms with Gasteiger partial charge in [-0.1, -0.05) is 6.07 Å². The monoisotopic (exact) mass is 305 g/mol. The molecule has 0 aromatic carbocycles. The zero-order valence-corrected chi connectivity index (χ0v) is 13.3. The van der Waals surface area contributed by atoms with Crippen molar-refractivity contribution >= 4 is 11.3 Å². The Bertz CT molecular complexity index is 564. The Morgan fingerprint density at radius 3 is 3.24 bits per heavy atom. The molecule has 2 N–H and O–H groups in total. The van der Waals surface area contributed by atoms with Gasteiger partial charge < -0.3 is 10.4 Å². The molecule has 0 saturated carbocycles. The SMILES string of the molecule is CC(Cc1cccs1)NC1CCCc2c1cnn2CCO. The summed E-state index contributed by atoms with van der Waals surface area (Å²) in [7, 11) is 0. The molecular formula is C16H23N3OS. The van der Waals surface area contributed by atoms with Gasteiger partial charge in [0, 0.05) is 28.2 Å². The Morgan fingerprint density at radius 2 is 2.48 bits per heavy atom. The van der Waals surface area contributed by atoms with Gasteiger partial charge in [0.1, 0.15) is 0 Å². The number of aromatic nitrogens is 2. The van der Waals surface area contributed by atoms with Crippen LogP contribution < -0.4 is 5.32 Å². The van der Waals surface area contributed by atoms with Crippen LogP contribution in [0.3, 0.4) is 0 Å². The molecule has 5 heteroatoms. The minimum atomic E-state index is 0.154. The fourth-order valence-corrected chi connectivity index (χ4v) is 4.05. The quantitative estimate of drug-likeness (QED) is 0.862. The van der Waals surface area contributed by atoms with E-state index in [9.17, 15) is 0 Å². The number of aliphatic hydroxyl groups is 1. The van der Waals surface area contributed by atoms with Gasteiger partial charge in [0.2, 0.25) is 0 Å². The van der Waals surface area contributed by atoms with Crippen molar-refractivity contribution in [3.63, 3.8) is 0 Å². The summed E-state index contributed by atoms with van der Waals surface area (Å²) in [6.07, 6.45) is 6.50. The Balaban J connectivity index is 1.67. The first-order valence-corrected chi connectivity index (χ1v) is 8.59. The van der Waals surface area contributed by atoms with Crippen LogP contribution in [0.15, 0.2) is 23.7 Å². The normalized spacial score (nSPS) is 19.4. The van der Waals surface area contributed by atoms with Gasteiger partial charge in [-0.25, -0.2) is 0 Å². The molecule has 2 unspecified atom stereocenters. The number of rotatable bonds is 6. The maximum atomic E-state index is 9.12. The van der Waals surface area contributed by atoms with Crippen LogP contribution in [-0.2, 0) is 19.4 Å². The van der Waals surface area contributed by atoms with E-state index in [1.165, 1.54) is 29.0 Å².